The number of anilines is 2. The second kappa shape index (κ2) is 15.1. The highest BCUT2D eigenvalue weighted by atomic mass is 35.5. The highest BCUT2D eigenvalue weighted by molar-refractivity contribution is 7.89. The van der Waals surface area contributed by atoms with Gasteiger partial charge in [0.25, 0.3) is 0 Å². The maximum Gasteiger partial charge on any atom is 0.490 e. The molecular formula is C25H35ClF3N7O6S. The summed E-state index contributed by atoms with van der Waals surface area (Å²) in [5.41, 5.74) is 6.85. The predicted molar refractivity (Wildman–Crippen MR) is 152 cm³/mol. The number of ether oxygens (including phenoxy) is 1. The number of rotatable bonds is 10. The SMILES string of the molecule is CNS(=O)(=O)CCCC(=O)[C@H]1CN(C2CCN(c3n[nH]c(N)n3)CC2)[C@@H](Cc2ccc(Cl)cc2)CO1.O=C(O)C(F)(F)F. The minimum atomic E-state index is -5.08. The average Bonchev–Trinajstić information content (AvgIpc) is 3.40. The molecule has 240 valence electrons. The number of carboxylic acids is 1. The lowest BCUT2D eigenvalue weighted by Gasteiger charge is -2.46. The van der Waals surface area contributed by atoms with Crippen LogP contribution in [0.15, 0.2) is 24.3 Å². The van der Waals surface area contributed by atoms with Crippen molar-refractivity contribution in [3.05, 3.63) is 34.9 Å². The van der Waals surface area contributed by atoms with Gasteiger partial charge < -0.3 is 20.5 Å². The van der Waals surface area contributed by atoms with Gasteiger partial charge in [-0.25, -0.2) is 23.0 Å². The number of piperidine rings is 1. The number of nitrogen functional groups attached to an aromatic ring is 1. The molecule has 2 atom stereocenters. The van der Waals surface area contributed by atoms with Gasteiger partial charge in [-0.3, -0.25) is 9.69 Å². The summed E-state index contributed by atoms with van der Waals surface area (Å²) in [6, 6.07) is 8.22. The van der Waals surface area contributed by atoms with Crippen LogP contribution >= 0.6 is 11.6 Å². The minimum absolute atomic E-state index is 0.0510. The summed E-state index contributed by atoms with van der Waals surface area (Å²) >= 11 is 6.06. The van der Waals surface area contributed by atoms with Crippen molar-refractivity contribution in [1.29, 1.82) is 0 Å². The number of carbonyl (C=O) groups excluding carboxylic acids is 1. The lowest BCUT2D eigenvalue weighted by Crippen LogP contribution is -2.58. The van der Waals surface area contributed by atoms with Crippen LogP contribution in [0.2, 0.25) is 5.02 Å². The van der Waals surface area contributed by atoms with E-state index in [0.717, 1.165) is 37.9 Å². The number of sulfonamides is 1. The summed E-state index contributed by atoms with van der Waals surface area (Å²) in [5.74, 6) is -1.98. The van der Waals surface area contributed by atoms with Crippen molar-refractivity contribution in [3.8, 4) is 0 Å². The van der Waals surface area contributed by atoms with E-state index in [2.05, 4.69) is 29.7 Å². The van der Waals surface area contributed by atoms with Gasteiger partial charge in [0.1, 0.15) is 6.10 Å². The van der Waals surface area contributed by atoms with Crippen LogP contribution in [-0.2, 0) is 30.8 Å². The summed E-state index contributed by atoms with van der Waals surface area (Å²) in [4.78, 5) is 30.6. The van der Waals surface area contributed by atoms with E-state index in [9.17, 15) is 26.4 Å². The van der Waals surface area contributed by atoms with E-state index >= 15 is 0 Å². The number of morpholine rings is 1. The number of Topliss-reactive ketones (excluding diaryl/α,β-unsaturated/α-hetero) is 1. The summed E-state index contributed by atoms with van der Waals surface area (Å²) in [6.45, 7) is 2.50. The number of aromatic nitrogens is 3. The molecule has 0 aliphatic carbocycles. The van der Waals surface area contributed by atoms with Crippen LogP contribution < -0.4 is 15.4 Å². The Kier molecular flexibility index (Phi) is 12.1. The van der Waals surface area contributed by atoms with E-state index in [1.54, 1.807) is 0 Å². The molecule has 2 aliphatic heterocycles. The monoisotopic (exact) mass is 653 g/mol. The number of nitrogens with one attached hydrogen (secondary N) is 2. The van der Waals surface area contributed by atoms with Crippen molar-refractivity contribution in [2.75, 3.05) is 49.7 Å². The van der Waals surface area contributed by atoms with Crippen LogP contribution in [0.5, 0.6) is 0 Å². The molecule has 18 heteroatoms. The molecule has 2 fully saturated rings. The smallest absolute Gasteiger partial charge is 0.475 e. The molecule has 5 N–H and O–H groups in total. The number of nitrogens with two attached hydrogens (primary N) is 1. The molecule has 0 radical (unpaired) electrons. The fraction of sp³-hybridized carbons (Fsp3) is 0.600. The Hall–Kier alpha value is -2.99. The Morgan fingerprint density at radius 2 is 1.86 bits per heavy atom. The number of carbonyl (C=O) groups is 2. The number of halogens is 4. The number of benzene rings is 1. The number of hydrogen-bond acceptors (Lipinski definition) is 10. The second-order valence-corrected chi connectivity index (χ2v) is 12.6. The maximum atomic E-state index is 12.9. The largest absolute Gasteiger partial charge is 0.490 e. The van der Waals surface area contributed by atoms with E-state index in [1.807, 2.05) is 24.3 Å². The van der Waals surface area contributed by atoms with Gasteiger partial charge in [0.2, 0.25) is 21.9 Å². The predicted octanol–water partition coefficient (Wildman–Crippen LogP) is 1.85. The van der Waals surface area contributed by atoms with Gasteiger partial charge in [0, 0.05) is 43.2 Å². The van der Waals surface area contributed by atoms with Gasteiger partial charge >= 0.3 is 12.1 Å². The van der Waals surface area contributed by atoms with E-state index in [4.69, 9.17) is 32.0 Å². The number of aromatic amines is 1. The van der Waals surface area contributed by atoms with Crippen molar-refractivity contribution in [3.63, 3.8) is 0 Å². The standard InChI is InChI=1S/C23H34ClN7O4S.C2HF3O2/c1-26-36(33,34)12-2-3-20(32)21-14-31(19(15-35-21)13-16-4-6-17(24)7-5-16)18-8-10-30(11-9-18)23-27-22(25)28-29-23;3-2(4,5)1(6)7/h4-7,18-19,21,26H,2-3,8-15H2,1H3,(H3,25,27,28,29);(H,6,7)/t19-,21+;/m0./s1. The number of alkyl halides is 3. The number of carboxylic acid groups (broad SMARTS) is 1. The van der Waals surface area contributed by atoms with Crippen LogP contribution in [-0.4, -0.2) is 109 Å². The Balaban J connectivity index is 0.000000646. The van der Waals surface area contributed by atoms with Crippen molar-refractivity contribution >= 4 is 45.3 Å². The number of ketones is 1. The molecule has 3 heterocycles. The minimum Gasteiger partial charge on any atom is -0.475 e. The zero-order valence-corrected chi connectivity index (χ0v) is 25.0. The van der Waals surface area contributed by atoms with Gasteiger partial charge in [0.15, 0.2) is 5.78 Å². The van der Waals surface area contributed by atoms with Gasteiger partial charge in [-0.1, -0.05) is 23.7 Å². The Labute approximate surface area is 252 Å². The number of nitrogens with zero attached hydrogens (tertiary/aromatic N) is 4. The van der Waals surface area contributed by atoms with Crippen LogP contribution in [0.3, 0.4) is 0 Å². The van der Waals surface area contributed by atoms with Gasteiger partial charge in [-0.05, 0) is 50.4 Å². The number of H-pyrrole nitrogens is 1. The summed E-state index contributed by atoms with van der Waals surface area (Å²) in [6.07, 6.45) is -2.62. The fourth-order valence-corrected chi connectivity index (χ4v) is 5.78. The van der Waals surface area contributed by atoms with E-state index in [-0.39, 0.29) is 36.5 Å². The Morgan fingerprint density at radius 1 is 1.23 bits per heavy atom. The first kappa shape index (κ1) is 34.5. The van der Waals surface area contributed by atoms with E-state index in [1.165, 1.54) is 7.05 Å². The summed E-state index contributed by atoms with van der Waals surface area (Å²) in [7, 11) is -1.96. The Morgan fingerprint density at radius 3 is 2.40 bits per heavy atom. The van der Waals surface area contributed by atoms with Gasteiger partial charge in [-0.2, -0.15) is 18.2 Å². The van der Waals surface area contributed by atoms with Gasteiger partial charge in [-0.15, -0.1) is 5.10 Å². The van der Waals surface area contributed by atoms with Crippen LogP contribution in [0.1, 0.15) is 31.2 Å². The van der Waals surface area contributed by atoms with Crippen molar-refractivity contribution < 1.29 is 41.0 Å². The quantitative estimate of drug-likeness (QED) is 0.293. The highest BCUT2D eigenvalue weighted by Gasteiger charge is 2.39. The molecule has 1 aromatic carbocycles. The molecular weight excluding hydrogens is 619 g/mol. The van der Waals surface area contributed by atoms with Crippen molar-refractivity contribution in [2.24, 2.45) is 0 Å². The average molecular weight is 654 g/mol. The first-order valence-corrected chi connectivity index (χ1v) is 15.5. The lowest BCUT2D eigenvalue weighted by atomic mass is 9.95. The molecule has 0 unspecified atom stereocenters. The summed E-state index contributed by atoms with van der Waals surface area (Å²) in [5, 5.41) is 14.7. The molecule has 43 heavy (non-hydrogen) atoms. The van der Waals surface area contributed by atoms with E-state index in [0.29, 0.717) is 30.1 Å². The molecule has 13 nitrogen and oxygen atoms in total. The highest BCUT2D eigenvalue weighted by Crippen LogP contribution is 2.27. The second-order valence-electron chi connectivity index (χ2n) is 10.1. The molecule has 4 rings (SSSR count). The molecule has 2 saturated heterocycles. The zero-order chi connectivity index (χ0) is 31.8. The molecule has 0 bridgehead atoms. The normalized spacial score (nSPS) is 20.3. The molecule has 0 amide bonds. The number of hydrogen-bond donors (Lipinski definition) is 4. The molecule has 0 spiro atoms. The third-order valence-corrected chi connectivity index (χ3v) is 8.88. The zero-order valence-electron chi connectivity index (χ0n) is 23.4. The molecule has 0 saturated carbocycles. The fourth-order valence-electron chi connectivity index (χ4n) is 4.93. The topological polar surface area (TPSA) is 184 Å². The third-order valence-electron chi connectivity index (χ3n) is 7.18. The summed E-state index contributed by atoms with van der Waals surface area (Å²) < 4.78 is 63.4. The maximum absolute atomic E-state index is 12.9. The van der Waals surface area contributed by atoms with Crippen molar-refractivity contribution in [2.45, 2.75) is 56.5 Å². The number of aliphatic carboxylic acids is 1. The van der Waals surface area contributed by atoms with Crippen LogP contribution in [0, 0.1) is 0 Å². The van der Waals surface area contributed by atoms with E-state index < -0.39 is 28.3 Å². The first-order valence-electron chi connectivity index (χ1n) is 13.5. The van der Waals surface area contributed by atoms with Crippen LogP contribution in [0.25, 0.3) is 0 Å². The lowest BCUT2D eigenvalue weighted by molar-refractivity contribution is -0.192. The Bertz CT molecular complexity index is 1320. The van der Waals surface area contributed by atoms with Crippen molar-refractivity contribution in [1.82, 2.24) is 24.8 Å². The van der Waals surface area contributed by atoms with Crippen LogP contribution in [0.4, 0.5) is 25.1 Å². The third kappa shape index (κ3) is 10.6. The molecule has 2 aliphatic rings. The first-order chi connectivity index (χ1) is 20.2. The molecule has 1 aromatic heterocycles. The van der Waals surface area contributed by atoms with Gasteiger partial charge in [0.05, 0.1) is 12.4 Å². The molecule has 2 aromatic rings.